The highest BCUT2D eigenvalue weighted by molar-refractivity contribution is 5.75. The van der Waals surface area contributed by atoms with Gasteiger partial charge in [0.1, 0.15) is 5.82 Å². The third kappa shape index (κ3) is 2.52. The van der Waals surface area contributed by atoms with Crippen molar-refractivity contribution in [2.75, 3.05) is 0 Å². The van der Waals surface area contributed by atoms with Crippen molar-refractivity contribution in [3.63, 3.8) is 0 Å². The fraction of sp³-hybridized carbons (Fsp3) is 0.308. The third-order valence-electron chi connectivity index (χ3n) is 2.88. The van der Waals surface area contributed by atoms with Crippen molar-refractivity contribution in [1.29, 1.82) is 0 Å². The summed E-state index contributed by atoms with van der Waals surface area (Å²) in [5.74, 6) is 1.01. The molecule has 0 saturated heterocycles. The standard InChI is InChI=1S/C13H15N5/c1-10(16-17-14)6-5-9-18-11(2)15-12-7-3-4-8-13(12)18/h3-4,7-8H,1,5-6,9H2,2H3. The monoisotopic (exact) mass is 241 g/mol. The average molecular weight is 241 g/mol. The van der Waals surface area contributed by atoms with Crippen molar-refractivity contribution in [2.24, 2.45) is 5.11 Å². The van der Waals surface area contributed by atoms with Gasteiger partial charge in [-0.25, -0.2) is 4.98 Å². The number of allylic oxidation sites excluding steroid dienone is 1. The Labute approximate surface area is 105 Å². The highest BCUT2D eigenvalue weighted by Gasteiger charge is 2.05. The Balaban J connectivity index is 2.10. The fourth-order valence-corrected chi connectivity index (χ4v) is 2.03. The van der Waals surface area contributed by atoms with Crippen LogP contribution >= 0.6 is 0 Å². The number of hydrogen-bond donors (Lipinski definition) is 0. The zero-order chi connectivity index (χ0) is 13.0. The molecular weight excluding hydrogens is 226 g/mol. The molecule has 0 unspecified atom stereocenters. The van der Waals surface area contributed by atoms with Gasteiger partial charge in [0.25, 0.3) is 0 Å². The fourth-order valence-electron chi connectivity index (χ4n) is 2.03. The van der Waals surface area contributed by atoms with Gasteiger partial charge in [0.15, 0.2) is 0 Å². The van der Waals surface area contributed by atoms with Crippen molar-refractivity contribution in [2.45, 2.75) is 26.3 Å². The predicted molar refractivity (Wildman–Crippen MR) is 72.0 cm³/mol. The molecule has 0 aliphatic carbocycles. The highest BCUT2D eigenvalue weighted by atomic mass is 15.1. The van der Waals surface area contributed by atoms with E-state index in [1.54, 1.807) is 0 Å². The first kappa shape index (κ1) is 12.2. The van der Waals surface area contributed by atoms with Crippen LogP contribution in [0, 0.1) is 6.92 Å². The van der Waals surface area contributed by atoms with Crippen LogP contribution in [0.5, 0.6) is 0 Å². The van der Waals surface area contributed by atoms with Gasteiger partial charge < -0.3 is 4.57 Å². The zero-order valence-electron chi connectivity index (χ0n) is 10.4. The molecule has 0 atom stereocenters. The Morgan fingerprint density at radius 2 is 2.28 bits per heavy atom. The van der Waals surface area contributed by atoms with Gasteiger partial charge in [0, 0.05) is 17.2 Å². The van der Waals surface area contributed by atoms with Crippen molar-refractivity contribution >= 4 is 11.0 Å². The summed E-state index contributed by atoms with van der Waals surface area (Å²) in [4.78, 5) is 7.23. The minimum atomic E-state index is 0.583. The summed E-state index contributed by atoms with van der Waals surface area (Å²) in [5, 5.41) is 3.49. The number of benzene rings is 1. The lowest BCUT2D eigenvalue weighted by atomic mass is 10.2. The number of imidazole rings is 1. The lowest BCUT2D eigenvalue weighted by Gasteiger charge is -2.06. The minimum absolute atomic E-state index is 0.583. The van der Waals surface area contributed by atoms with E-state index in [0.717, 1.165) is 29.8 Å². The first-order chi connectivity index (χ1) is 8.72. The largest absolute Gasteiger partial charge is 0.328 e. The van der Waals surface area contributed by atoms with E-state index in [4.69, 9.17) is 5.53 Å². The number of azide groups is 1. The van der Waals surface area contributed by atoms with Crippen LogP contribution < -0.4 is 0 Å². The molecule has 0 N–H and O–H groups in total. The van der Waals surface area contributed by atoms with Crippen LogP contribution in [0.25, 0.3) is 21.5 Å². The Morgan fingerprint density at radius 1 is 1.50 bits per heavy atom. The van der Waals surface area contributed by atoms with Crippen molar-refractivity contribution in [3.8, 4) is 0 Å². The maximum Gasteiger partial charge on any atom is 0.106 e. The zero-order valence-corrected chi connectivity index (χ0v) is 10.4. The Bertz CT molecular complexity index is 619. The van der Waals surface area contributed by atoms with Crippen molar-refractivity contribution in [3.05, 3.63) is 52.8 Å². The summed E-state index contributed by atoms with van der Waals surface area (Å²) in [7, 11) is 0. The number of hydrogen-bond acceptors (Lipinski definition) is 2. The second-order valence-electron chi connectivity index (χ2n) is 4.16. The number of para-hydroxylation sites is 2. The highest BCUT2D eigenvalue weighted by Crippen LogP contribution is 2.17. The van der Waals surface area contributed by atoms with E-state index >= 15 is 0 Å². The molecule has 18 heavy (non-hydrogen) atoms. The van der Waals surface area contributed by atoms with Crippen molar-refractivity contribution in [1.82, 2.24) is 9.55 Å². The molecule has 0 radical (unpaired) electrons. The van der Waals surface area contributed by atoms with Crippen LogP contribution in [0.4, 0.5) is 0 Å². The van der Waals surface area contributed by atoms with E-state index in [1.165, 1.54) is 0 Å². The first-order valence-corrected chi connectivity index (χ1v) is 5.87. The molecule has 1 aromatic heterocycles. The first-order valence-electron chi connectivity index (χ1n) is 5.87. The van der Waals surface area contributed by atoms with Gasteiger partial charge in [-0.05, 0) is 37.4 Å². The molecule has 1 heterocycles. The molecule has 0 bridgehead atoms. The van der Waals surface area contributed by atoms with Crippen LogP contribution in [-0.2, 0) is 6.54 Å². The Hall–Kier alpha value is -2.26. The van der Waals surface area contributed by atoms with Crippen LogP contribution in [0.3, 0.4) is 0 Å². The summed E-state index contributed by atoms with van der Waals surface area (Å²) < 4.78 is 2.18. The predicted octanol–water partition coefficient (Wildman–Crippen LogP) is 3.95. The maximum atomic E-state index is 8.29. The number of fused-ring (bicyclic) bond motifs is 1. The topological polar surface area (TPSA) is 66.6 Å². The van der Waals surface area contributed by atoms with E-state index in [-0.39, 0.29) is 0 Å². The molecule has 0 saturated carbocycles. The second-order valence-corrected chi connectivity index (χ2v) is 4.16. The molecule has 92 valence electrons. The molecule has 0 spiro atoms. The third-order valence-corrected chi connectivity index (χ3v) is 2.88. The molecular formula is C13H15N5. The number of rotatable bonds is 5. The van der Waals surface area contributed by atoms with Gasteiger partial charge in [0.2, 0.25) is 0 Å². The van der Waals surface area contributed by atoms with E-state index in [9.17, 15) is 0 Å². The smallest absolute Gasteiger partial charge is 0.106 e. The molecule has 1 aromatic carbocycles. The molecule has 0 fully saturated rings. The minimum Gasteiger partial charge on any atom is -0.328 e. The molecule has 5 heteroatoms. The summed E-state index contributed by atoms with van der Waals surface area (Å²) in [6, 6.07) is 8.08. The van der Waals surface area contributed by atoms with Crippen LogP contribution in [0.15, 0.2) is 41.7 Å². The number of aromatic nitrogens is 2. The van der Waals surface area contributed by atoms with Gasteiger partial charge >= 0.3 is 0 Å². The van der Waals surface area contributed by atoms with Crippen LogP contribution in [0.2, 0.25) is 0 Å². The molecule has 5 nitrogen and oxygen atoms in total. The lowest BCUT2D eigenvalue weighted by Crippen LogP contribution is -2.00. The maximum absolute atomic E-state index is 8.29. The Morgan fingerprint density at radius 3 is 3.06 bits per heavy atom. The van der Waals surface area contributed by atoms with Gasteiger partial charge in [-0.1, -0.05) is 23.8 Å². The quantitative estimate of drug-likeness (QED) is 0.444. The summed E-state index contributed by atoms with van der Waals surface area (Å²) in [6.07, 6.45) is 1.59. The van der Waals surface area contributed by atoms with E-state index in [2.05, 4.69) is 32.2 Å². The molecule has 0 aliphatic heterocycles. The van der Waals surface area contributed by atoms with E-state index < -0.39 is 0 Å². The number of aryl methyl sites for hydroxylation is 2. The normalized spacial score (nSPS) is 10.3. The van der Waals surface area contributed by atoms with E-state index in [0.29, 0.717) is 12.1 Å². The average Bonchev–Trinajstić information content (AvgIpc) is 2.66. The van der Waals surface area contributed by atoms with Gasteiger partial charge in [-0.15, -0.1) is 0 Å². The molecule has 0 amide bonds. The molecule has 2 aromatic rings. The van der Waals surface area contributed by atoms with Crippen molar-refractivity contribution < 1.29 is 0 Å². The molecule has 2 rings (SSSR count). The second kappa shape index (κ2) is 5.38. The van der Waals surface area contributed by atoms with E-state index in [1.807, 2.05) is 25.1 Å². The van der Waals surface area contributed by atoms with Gasteiger partial charge in [0.05, 0.1) is 11.0 Å². The van der Waals surface area contributed by atoms with Gasteiger partial charge in [-0.2, -0.15) is 0 Å². The summed E-state index contributed by atoms with van der Waals surface area (Å²) in [6.45, 7) is 6.56. The van der Waals surface area contributed by atoms with Crippen LogP contribution in [0.1, 0.15) is 18.7 Å². The summed E-state index contributed by atoms with van der Waals surface area (Å²) in [5.41, 5.74) is 11.0. The Kier molecular flexibility index (Phi) is 3.65. The lowest BCUT2D eigenvalue weighted by molar-refractivity contribution is 0.637. The number of nitrogens with zero attached hydrogens (tertiary/aromatic N) is 5. The van der Waals surface area contributed by atoms with Crippen LogP contribution in [-0.4, -0.2) is 9.55 Å². The van der Waals surface area contributed by atoms with Gasteiger partial charge in [-0.3, -0.25) is 0 Å². The SMILES string of the molecule is C=C(CCCn1c(C)nc2ccccc21)N=[N+]=[N-]. The summed E-state index contributed by atoms with van der Waals surface area (Å²) >= 11 is 0. The molecule has 0 aliphatic rings.